The van der Waals surface area contributed by atoms with Crippen molar-refractivity contribution < 1.29 is 14.5 Å². The molecule has 0 saturated heterocycles. The Balaban J connectivity index is 2.36. The first-order valence-electron chi connectivity index (χ1n) is 6.64. The third-order valence-electron chi connectivity index (χ3n) is 2.61. The second-order valence-electron chi connectivity index (χ2n) is 4.72. The molecule has 5 nitrogen and oxygen atoms in total. The number of hydrogen-bond donors (Lipinski definition) is 3. The van der Waals surface area contributed by atoms with E-state index in [1.807, 2.05) is 38.2 Å². The molecule has 0 aliphatic carbocycles. The van der Waals surface area contributed by atoms with Crippen molar-refractivity contribution in [2.45, 2.75) is 13.3 Å². The van der Waals surface area contributed by atoms with Crippen molar-refractivity contribution in [3.63, 3.8) is 0 Å². The molecule has 3 N–H and O–H groups in total. The predicted molar refractivity (Wildman–Crippen MR) is 82.7 cm³/mol. The molecule has 0 saturated carbocycles. The topological polar surface area (TPSA) is 62.6 Å². The van der Waals surface area contributed by atoms with Gasteiger partial charge in [-0.1, -0.05) is 28.9 Å². The number of halogens is 1. The number of nitrogens with one attached hydrogen (secondary N) is 3. The maximum Gasteiger partial charge on any atom is 0.279 e. The lowest BCUT2D eigenvalue weighted by atomic mass is 10.3. The minimum Gasteiger partial charge on any atom is -0.351 e. The smallest absolute Gasteiger partial charge is 0.279 e. The third-order valence-corrected chi connectivity index (χ3v) is 3.10. The Morgan fingerprint density at radius 2 is 1.95 bits per heavy atom. The van der Waals surface area contributed by atoms with Gasteiger partial charge in [-0.05, 0) is 24.6 Å². The number of hydrogen-bond acceptors (Lipinski definition) is 2. The zero-order valence-electron chi connectivity index (χ0n) is 11.8. The van der Waals surface area contributed by atoms with Gasteiger partial charge < -0.3 is 15.5 Å². The summed E-state index contributed by atoms with van der Waals surface area (Å²) in [6.07, 6.45) is 0.911. The van der Waals surface area contributed by atoms with Crippen LogP contribution in [0.3, 0.4) is 0 Å². The first-order chi connectivity index (χ1) is 9.51. The van der Waals surface area contributed by atoms with Crippen LogP contribution in [0.25, 0.3) is 0 Å². The fourth-order valence-electron chi connectivity index (χ4n) is 1.71. The first kappa shape index (κ1) is 16.7. The van der Waals surface area contributed by atoms with Gasteiger partial charge in [0.25, 0.3) is 11.8 Å². The molecule has 0 aromatic heterocycles. The number of anilines is 1. The summed E-state index contributed by atoms with van der Waals surface area (Å²) in [5, 5.41) is 5.60. The summed E-state index contributed by atoms with van der Waals surface area (Å²) in [6.45, 7) is 3.23. The number of amides is 2. The van der Waals surface area contributed by atoms with E-state index in [2.05, 4.69) is 26.6 Å². The van der Waals surface area contributed by atoms with Crippen LogP contribution in [-0.4, -0.2) is 38.5 Å². The molecule has 0 fully saturated rings. The van der Waals surface area contributed by atoms with E-state index >= 15 is 0 Å². The van der Waals surface area contributed by atoms with Gasteiger partial charge in [0.2, 0.25) is 0 Å². The standard InChI is InChI=1S/C14H20BrN3O2/c1-3-7-16-13(19)9-18(2)10-14(20)17-12-6-4-5-11(15)8-12/h4-6,8H,3,7,9-10H2,1-2H3,(H,16,19)(H,17,20)/p+1. The van der Waals surface area contributed by atoms with E-state index in [9.17, 15) is 9.59 Å². The van der Waals surface area contributed by atoms with E-state index in [0.29, 0.717) is 13.1 Å². The van der Waals surface area contributed by atoms with Crippen LogP contribution in [0, 0.1) is 0 Å². The van der Waals surface area contributed by atoms with Gasteiger partial charge in [-0.2, -0.15) is 0 Å². The van der Waals surface area contributed by atoms with Crippen molar-refractivity contribution in [2.75, 3.05) is 32.0 Å². The Morgan fingerprint density at radius 3 is 2.60 bits per heavy atom. The van der Waals surface area contributed by atoms with E-state index in [1.165, 1.54) is 0 Å². The van der Waals surface area contributed by atoms with Crippen LogP contribution in [-0.2, 0) is 9.59 Å². The van der Waals surface area contributed by atoms with Gasteiger partial charge in [-0.15, -0.1) is 0 Å². The maximum atomic E-state index is 11.9. The number of carbonyl (C=O) groups excluding carboxylic acids is 2. The van der Waals surface area contributed by atoms with E-state index in [0.717, 1.165) is 21.5 Å². The number of likely N-dealkylation sites (N-methyl/N-ethyl adjacent to an activating group) is 1. The molecule has 0 bridgehead atoms. The molecule has 0 heterocycles. The second kappa shape index (κ2) is 8.71. The van der Waals surface area contributed by atoms with Gasteiger partial charge in [0, 0.05) is 16.7 Å². The van der Waals surface area contributed by atoms with Crippen LogP contribution < -0.4 is 15.5 Å². The maximum absolute atomic E-state index is 11.9. The van der Waals surface area contributed by atoms with Gasteiger partial charge in [0.1, 0.15) is 0 Å². The highest BCUT2D eigenvalue weighted by Gasteiger charge is 2.13. The Hall–Kier alpha value is -1.40. The average Bonchev–Trinajstić information content (AvgIpc) is 2.35. The highest BCUT2D eigenvalue weighted by molar-refractivity contribution is 9.10. The van der Waals surface area contributed by atoms with Gasteiger partial charge in [0.05, 0.1) is 7.05 Å². The number of quaternary nitrogens is 1. The Kier molecular flexibility index (Phi) is 7.25. The predicted octanol–water partition coefficient (Wildman–Crippen LogP) is 0.429. The molecule has 0 radical (unpaired) electrons. The van der Waals surface area contributed by atoms with E-state index in [1.54, 1.807) is 0 Å². The lowest BCUT2D eigenvalue weighted by molar-refractivity contribution is -0.862. The average molecular weight is 343 g/mol. The van der Waals surface area contributed by atoms with Gasteiger partial charge in [0.15, 0.2) is 13.1 Å². The zero-order chi connectivity index (χ0) is 15.0. The van der Waals surface area contributed by atoms with Gasteiger partial charge in [-0.25, -0.2) is 0 Å². The number of rotatable bonds is 7. The van der Waals surface area contributed by atoms with Crippen LogP contribution in [0.5, 0.6) is 0 Å². The van der Waals surface area contributed by atoms with E-state index < -0.39 is 0 Å². The summed E-state index contributed by atoms with van der Waals surface area (Å²) in [5.74, 6) is -0.136. The zero-order valence-corrected chi connectivity index (χ0v) is 13.4. The van der Waals surface area contributed by atoms with Crippen molar-refractivity contribution in [1.82, 2.24) is 5.32 Å². The number of carbonyl (C=O) groups is 2. The van der Waals surface area contributed by atoms with Crippen LogP contribution >= 0.6 is 15.9 Å². The van der Waals surface area contributed by atoms with Crippen LogP contribution in [0.4, 0.5) is 5.69 Å². The molecule has 0 aliphatic rings. The molecule has 1 atom stereocenters. The van der Waals surface area contributed by atoms with Gasteiger partial charge >= 0.3 is 0 Å². The molecule has 2 amide bonds. The summed E-state index contributed by atoms with van der Waals surface area (Å²) in [5.41, 5.74) is 0.743. The molecule has 1 rings (SSSR count). The fraction of sp³-hybridized carbons (Fsp3) is 0.429. The van der Waals surface area contributed by atoms with Crippen molar-refractivity contribution in [1.29, 1.82) is 0 Å². The molecule has 0 spiro atoms. The van der Waals surface area contributed by atoms with Crippen LogP contribution in [0.2, 0.25) is 0 Å². The van der Waals surface area contributed by atoms with Crippen molar-refractivity contribution in [3.8, 4) is 0 Å². The first-order valence-corrected chi connectivity index (χ1v) is 7.44. The van der Waals surface area contributed by atoms with Crippen molar-refractivity contribution >= 4 is 33.4 Å². The Morgan fingerprint density at radius 1 is 1.25 bits per heavy atom. The molecule has 1 unspecified atom stereocenters. The van der Waals surface area contributed by atoms with E-state index in [-0.39, 0.29) is 18.4 Å². The quantitative estimate of drug-likeness (QED) is 0.672. The Labute approximate surface area is 127 Å². The molecule has 1 aromatic rings. The van der Waals surface area contributed by atoms with Gasteiger partial charge in [-0.3, -0.25) is 9.59 Å². The molecular weight excluding hydrogens is 322 g/mol. The molecule has 1 aromatic carbocycles. The highest BCUT2D eigenvalue weighted by Crippen LogP contribution is 2.15. The lowest BCUT2D eigenvalue weighted by Crippen LogP contribution is -3.11. The summed E-state index contributed by atoms with van der Waals surface area (Å²) in [4.78, 5) is 24.2. The molecular formula is C14H21BrN3O2+. The minimum atomic E-state index is -0.108. The molecule has 110 valence electrons. The molecule has 6 heteroatoms. The molecule has 0 aliphatic heterocycles. The van der Waals surface area contributed by atoms with E-state index in [4.69, 9.17) is 0 Å². The summed E-state index contributed by atoms with van der Waals surface area (Å²) < 4.78 is 0.912. The Bertz CT molecular complexity index is 465. The summed E-state index contributed by atoms with van der Waals surface area (Å²) in [6, 6.07) is 7.41. The SMILES string of the molecule is CCCNC(=O)C[NH+](C)CC(=O)Nc1cccc(Br)c1. The minimum absolute atomic E-state index is 0.0281. The third kappa shape index (κ3) is 6.68. The normalized spacial score (nSPS) is 11.8. The second-order valence-corrected chi connectivity index (χ2v) is 5.63. The highest BCUT2D eigenvalue weighted by atomic mass is 79.9. The summed E-state index contributed by atoms with van der Waals surface area (Å²) in [7, 11) is 1.83. The van der Waals surface area contributed by atoms with Crippen molar-refractivity contribution in [2.24, 2.45) is 0 Å². The summed E-state index contributed by atoms with van der Waals surface area (Å²) >= 11 is 3.35. The lowest BCUT2D eigenvalue weighted by Gasteiger charge is -2.13. The fourth-order valence-corrected chi connectivity index (χ4v) is 2.11. The molecule has 20 heavy (non-hydrogen) atoms. The monoisotopic (exact) mass is 342 g/mol. The largest absolute Gasteiger partial charge is 0.351 e. The van der Waals surface area contributed by atoms with Crippen LogP contribution in [0.1, 0.15) is 13.3 Å². The van der Waals surface area contributed by atoms with Crippen molar-refractivity contribution in [3.05, 3.63) is 28.7 Å². The number of benzene rings is 1. The van der Waals surface area contributed by atoms with Crippen LogP contribution in [0.15, 0.2) is 28.7 Å².